The van der Waals surface area contributed by atoms with Crippen molar-refractivity contribution >= 4 is 6.03 Å². The Morgan fingerprint density at radius 2 is 2.37 bits per heavy atom. The molecule has 1 aliphatic heterocycles. The highest BCUT2D eigenvalue weighted by Crippen LogP contribution is 2.19. The number of hydrogen-bond acceptors (Lipinski definition) is 2. The van der Waals surface area contributed by atoms with Crippen LogP contribution in [0.4, 0.5) is 4.79 Å². The van der Waals surface area contributed by atoms with E-state index in [0.29, 0.717) is 6.42 Å². The summed E-state index contributed by atoms with van der Waals surface area (Å²) >= 11 is 0. The second-order valence-electron chi connectivity index (χ2n) is 5.43. The largest absolute Gasteiger partial charge is 0.396 e. The molecule has 4 nitrogen and oxygen atoms in total. The molecular formula is C15H28N2O2. The number of hydrogen-bond donors (Lipinski definition) is 2. The molecule has 1 saturated heterocycles. The number of carbonyl (C=O) groups is 1. The average Bonchev–Trinajstić information content (AvgIpc) is 2.40. The van der Waals surface area contributed by atoms with Crippen LogP contribution in [0.5, 0.6) is 0 Å². The maximum absolute atomic E-state index is 12.2. The zero-order valence-corrected chi connectivity index (χ0v) is 12.1. The quantitative estimate of drug-likeness (QED) is 0.551. The normalized spacial score (nSPS) is 20.9. The van der Waals surface area contributed by atoms with Crippen molar-refractivity contribution in [2.75, 3.05) is 13.2 Å². The molecular weight excluding hydrogens is 240 g/mol. The van der Waals surface area contributed by atoms with E-state index in [1.165, 1.54) is 0 Å². The standard InChI is InChI=1S/C15H28N2O2/c1-3-4-5-8-13(2)16-15(19)17-11-7-6-9-14(17)10-12-18/h3,13-14,18H,1,4-12H2,2H3,(H,16,19). The van der Waals surface area contributed by atoms with E-state index in [1.807, 2.05) is 17.9 Å². The van der Waals surface area contributed by atoms with Crippen molar-refractivity contribution in [2.24, 2.45) is 0 Å². The summed E-state index contributed by atoms with van der Waals surface area (Å²) in [6, 6.07) is 0.438. The number of aliphatic hydroxyl groups is 1. The lowest BCUT2D eigenvalue weighted by atomic mass is 10.00. The van der Waals surface area contributed by atoms with Crippen LogP contribution >= 0.6 is 0 Å². The molecule has 4 heteroatoms. The molecule has 2 amide bonds. The second kappa shape index (κ2) is 8.97. The van der Waals surface area contributed by atoms with Gasteiger partial charge in [0.25, 0.3) is 0 Å². The van der Waals surface area contributed by atoms with Crippen molar-refractivity contribution < 1.29 is 9.90 Å². The Hall–Kier alpha value is -1.03. The van der Waals surface area contributed by atoms with Crippen LogP contribution in [-0.2, 0) is 0 Å². The highest BCUT2D eigenvalue weighted by Gasteiger charge is 2.26. The van der Waals surface area contributed by atoms with E-state index in [-0.39, 0.29) is 24.7 Å². The fourth-order valence-corrected chi connectivity index (χ4v) is 2.65. The summed E-state index contributed by atoms with van der Waals surface area (Å²) < 4.78 is 0. The number of nitrogens with one attached hydrogen (secondary N) is 1. The maximum atomic E-state index is 12.2. The predicted octanol–water partition coefficient (Wildman–Crippen LogP) is 2.68. The van der Waals surface area contributed by atoms with E-state index >= 15 is 0 Å². The summed E-state index contributed by atoms with van der Waals surface area (Å²) in [4.78, 5) is 14.1. The lowest BCUT2D eigenvalue weighted by molar-refractivity contribution is 0.129. The van der Waals surface area contributed by atoms with E-state index < -0.39 is 0 Å². The van der Waals surface area contributed by atoms with Crippen molar-refractivity contribution in [2.45, 2.75) is 64.0 Å². The molecule has 0 aliphatic carbocycles. The Balaban J connectivity index is 2.38. The van der Waals surface area contributed by atoms with Gasteiger partial charge in [0.05, 0.1) is 0 Å². The second-order valence-corrected chi connectivity index (χ2v) is 5.43. The van der Waals surface area contributed by atoms with Crippen molar-refractivity contribution in [3.05, 3.63) is 12.7 Å². The van der Waals surface area contributed by atoms with Crippen molar-refractivity contribution in [3.63, 3.8) is 0 Å². The van der Waals surface area contributed by atoms with Gasteiger partial charge in [-0.15, -0.1) is 6.58 Å². The Bertz CT molecular complexity index is 279. The third-order valence-corrected chi connectivity index (χ3v) is 3.77. The van der Waals surface area contributed by atoms with Crippen LogP contribution in [0.25, 0.3) is 0 Å². The summed E-state index contributed by atoms with van der Waals surface area (Å²) in [7, 11) is 0. The number of piperidine rings is 1. The van der Waals surface area contributed by atoms with E-state index in [0.717, 1.165) is 45.1 Å². The zero-order chi connectivity index (χ0) is 14.1. The van der Waals surface area contributed by atoms with Crippen LogP contribution in [0.15, 0.2) is 12.7 Å². The van der Waals surface area contributed by atoms with Gasteiger partial charge in [-0.1, -0.05) is 6.08 Å². The predicted molar refractivity (Wildman–Crippen MR) is 78.1 cm³/mol. The number of likely N-dealkylation sites (tertiary alicyclic amines) is 1. The molecule has 2 unspecified atom stereocenters. The van der Waals surface area contributed by atoms with Gasteiger partial charge in [-0.2, -0.15) is 0 Å². The molecule has 2 N–H and O–H groups in total. The number of rotatable bonds is 7. The monoisotopic (exact) mass is 268 g/mol. The number of allylic oxidation sites excluding steroid dienone is 1. The highest BCUT2D eigenvalue weighted by atomic mass is 16.3. The molecule has 0 saturated carbocycles. The minimum Gasteiger partial charge on any atom is -0.396 e. The molecule has 0 radical (unpaired) electrons. The van der Waals surface area contributed by atoms with Gasteiger partial charge in [0.1, 0.15) is 0 Å². The summed E-state index contributed by atoms with van der Waals surface area (Å²) in [5.41, 5.74) is 0. The van der Waals surface area contributed by atoms with Crippen LogP contribution in [0, 0.1) is 0 Å². The van der Waals surface area contributed by atoms with Gasteiger partial charge < -0.3 is 15.3 Å². The average molecular weight is 268 g/mol. The Morgan fingerprint density at radius 3 is 3.05 bits per heavy atom. The number of aliphatic hydroxyl groups excluding tert-OH is 1. The van der Waals surface area contributed by atoms with Gasteiger partial charge in [-0.05, 0) is 51.9 Å². The fraction of sp³-hybridized carbons (Fsp3) is 0.800. The Labute approximate surface area is 116 Å². The van der Waals surface area contributed by atoms with E-state index in [4.69, 9.17) is 5.11 Å². The van der Waals surface area contributed by atoms with Crippen molar-refractivity contribution in [1.29, 1.82) is 0 Å². The van der Waals surface area contributed by atoms with Crippen molar-refractivity contribution in [3.8, 4) is 0 Å². The maximum Gasteiger partial charge on any atom is 0.317 e. The summed E-state index contributed by atoms with van der Waals surface area (Å²) in [6.45, 7) is 6.72. The molecule has 1 heterocycles. The Morgan fingerprint density at radius 1 is 1.58 bits per heavy atom. The number of carbonyl (C=O) groups excluding carboxylic acids is 1. The van der Waals surface area contributed by atoms with Gasteiger partial charge in [-0.3, -0.25) is 0 Å². The molecule has 0 aromatic rings. The molecule has 0 spiro atoms. The van der Waals surface area contributed by atoms with Crippen molar-refractivity contribution in [1.82, 2.24) is 10.2 Å². The minimum absolute atomic E-state index is 0.0317. The molecule has 0 aromatic carbocycles. The molecule has 0 bridgehead atoms. The lowest BCUT2D eigenvalue weighted by Gasteiger charge is -2.36. The zero-order valence-electron chi connectivity index (χ0n) is 12.1. The number of urea groups is 1. The molecule has 110 valence electrons. The first-order valence-electron chi connectivity index (χ1n) is 7.48. The number of nitrogens with zero attached hydrogens (tertiary/aromatic N) is 1. The molecule has 1 aliphatic rings. The van der Waals surface area contributed by atoms with Gasteiger partial charge in [0, 0.05) is 25.2 Å². The summed E-state index contributed by atoms with van der Waals surface area (Å²) in [5.74, 6) is 0. The van der Waals surface area contributed by atoms with Crippen LogP contribution in [0.1, 0.15) is 51.9 Å². The van der Waals surface area contributed by atoms with E-state index in [1.54, 1.807) is 0 Å². The summed E-state index contributed by atoms with van der Waals surface area (Å²) in [5, 5.41) is 12.1. The van der Waals surface area contributed by atoms with E-state index in [9.17, 15) is 4.79 Å². The fourth-order valence-electron chi connectivity index (χ4n) is 2.65. The summed E-state index contributed by atoms with van der Waals surface area (Å²) in [6.07, 6.45) is 8.88. The van der Waals surface area contributed by atoms with Gasteiger partial charge in [0.2, 0.25) is 0 Å². The topological polar surface area (TPSA) is 52.6 Å². The molecule has 19 heavy (non-hydrogen) atoms. The van der Waals surface area contributed by atoms with Gasteiger partial charge in [0.15, 0.2) is 0 Å². The van der Waals surface area contributed by atoms with Crippen LogP contribution in [0.2, 0.25) is 0 Å². The first-order valence-corrected chi connectivity index (χ1v) is 7.48. The van der Waals surface area contributed by atoms with Gasteiger partial charge in [-0.25, -0.2) is 4.79 Å². The Kier molecular flexibility index (Phi) is 7.56. The lowest BCUT2D eigenvalue weighted by Crippen LogP contribution is -2.51. The molecule has 1 fully saturated rings. The third kappa shape index (κ3) is 5.64. The molecule has 2 atom stereocenters. The molecule has 0 aromatic heterocycles. The van der Waals surface area contributed by atoms with Crippen LogP contribution in [0.3, 0.4) is 0 Å². The van der Waals surface area contributed by atoms with Crippen LogP contribution in [-0.4, -0.2) is 41.3 Å². The number of unbranched alkanes of at least 4 members (excludes halogenated alkanes) is 1. The smallest absolute Gasteiger partial charge is 0.317 e. The minimum atomic E-state index is 0.0317. The first kappa shape index (κ1) is 16.0. The van der Waals surface area contributed by atoms with Crippen LogP contribution < -0.4 is 5.32 Å². The highest BCUT2D eigenvalue weighted by molar-refractivity contribution is 5.75. The third-order valence-electron chi connectivity index (χ3n) is 3.77. The van der Waals surface area contributed by atoms with E-state index in [2.05, 4.69) is 11.9 Å². The SMILES string of the molecule is C=CCCCC(C)NC(=O)N1CCCCC1CCO. The molecule has 1 rings (SSSR count). The van der Waals surface area contributed by atoms with Gasteiger partial charge >= 0.3 is 6.03 Å². The first-order chi connectivity index (χ1) is 9.19. The number of amides is 2.